The van der Waals surface area contributed by atoms with E-state index in [0.717, 1.165) is 6.54 Å². The highest BCUT2D eigenvalue weighted by molar-refractivity contribution is 4.94. The monoisotopic (exact) mass is 313 g/mol. The summed E-state index contributed by atoms with van der Waals surface area (Å²) in [7, 11) is 2.03. The summed E-state index contributed by atoms with van der Waals surface area (Å²) >= 11 is 0. The predicted molar refractivity (Wildman–Crippen MR) is 87.9 cm³/mol. The topological polar surface area (TPSA) is 6.48 Å². The molecule has 0 amide bonds. The first-order valence-corrected chi connectivity index (χ1v) is 8.77. The molecular weight excluding hydrogens is 280 g/mol. The third-order valence-corrected chi connectivity index (χ3v) is 4.01. The zero-order valence-corrected chi connectivity index (χ0v) is 14.9. The second-order valence-electron chi connectivity index (χ2n) is 6.09. The third kappa shape index (κ3) is 11.8. The Bertz CT molecular complexity index is 243. The molecule has 0 saturated heterocycles. The van der Waals surface area contributed by atoms with Gasteiger partial charge in [-0.15, -0.1) is 9.80 Å². The molecule has 0 spiro atoms. The van der Waals surface area contributed by atoms with Gasteiger partial charge in [-0.1, -0.05) is 77.6 Å². The van der Waals surface area contributed by atoms with E-state index in [4.69, 9.17) is 0 Å². The van der Waals surface area contributed by atoms with Gasteiger partial charge in [-0.25, -0.2) is 0 Å². The zero-order valence-electron chi connectivity index (χ0n) is 14.1. The molecule has 1 aliphatic heterocycles. The van der Waals surface area contributed by atoms with E-state index < -0.39 is 0 Å². The molecular formula is C18H34ClN2. The summed E-state index contributed by atoms with van der Waals surface area (Å²) in [6, 6.07) is 0. The fourth-order valence-electron chi connectivity index (χ4n) is 2.70. The van der Waals surface area contributed by atoms with E-state index in [2.05, 4.69) is 30.9 Å². The van der Waals surface area contributed by atoms with Gasteiger partial charge in [0.2, 0.25) is 0 Å². The molecule has 0 aromatic rings. The van der Waals surface area contributed by atoms with Gasteiger partial charge in [0.1, 0.15) is 0 Å². The summed E-state index contributed by atoms with van der Waals surface area (Å²) < 4.78 is 0. The molecule has 3 heteroatoms. The SMILES string of the molecule is CCCCCCCCCCCCCCN1[C+]N(C)C=C1.[Cl-]. The van der Waals surface area contributed by atoms with E-state index in [1.807, 2.05) is 11.9 Å². The van der Waals surface area contributed by atoms with Gasteiger partial charge in [-0.3, -0.25) is 0 Å². The first-order valence-electron chi connectivity index (χ1n) is 8.77. The van der Waals surface area contributed by atoms with Crippen LogP contribution in [-0.2, 0) is 0 Å². The van der Waals surface area contributed by atoms with E-state index in [1.54, 1.807) is 0 Å². The number of unbranched alkanes of at least 4 members (excludes halogenated alkanes) is 11. The Balaban J connectivity index is 0.00000400. The summed E-state index contributed by atoms with van der Waals surface area (Å²) in [5.74, 6) is 0. The van der Waals surface area contributed by atoms with Gasteiger partial charge in [0.05, 0.1) is 26.0 Å². The molecule has 0 aliphatic carbocycles. The molecule has 0 saturated carbocycles. The van der Waals surface area contributed by atoms with E-state index in [0.29, 0.717) is 0 Å². The second kappa shape index (κ2) is 14.4. The van der Waals surface area contributed by atoms with Gasteiger partial charge < -0.3 is 12.4 Å². The summed E-state index contributed by atoms with van der Waals surface area (Å²) in [5, 5.41) is 0. The van der Waals surface area contributed by atoms with Crippen molar-refractivity contribution in [3.63, 3.8) is 0 Å². The maximum absolute atomic E-state index is 3.25. The maximum atomic E-state index is 3.25. The van der Waals surface area contributed by atoms with Crippen LogP contribution in [0.15, 0.2) is 12.4 Å². The second-order valence-corrected chi connectivity index (χ2v) is 6.09. The molecule has 1 aliphatic rings. The van der Waals surface area contributed by atoms with Crippen LogP contribution in [0.4, 0.5) is 0 Å². The minimum absolute atomic E-state index is 0. The molecule has 0 unspecified atom stereocenters. The average molecular weight is 314 g/mol. The van der Waals surface area contributed by atoms with E-state index in [9.17, 15) is 0 Å². The molecule has 0 bridgehead atoms. The number of halogens is 1. The Morgan fingerprint density at radius 3 is 1.62 bits per heavy atom. The number of hydrogen-bond acceptors (Lipinski definition) is 2. The van der Waals surface area contributed by atoms with Crippen molar-refractivity contribution < 1.29 is 12.4 Å². The highest BCUT2D eigenvalue weighted by Gasteiger charge is 2.26. The lowest BCUT2D eigenvalue weighted by atomic mass is 10.1. The lowest BCUT2D eigenvalue weighted by Crippen LogP contribution is -3.00. The van der Waals surface area contributed by atoms with Crippen molar-refractivity contribution in [3.05, 3.63) is 19.1 Å². The standard InChI is InChI=1S/C18H34N2.ClH/c1-3-4-5-6-7-8-9-10-11-12-13-14-15-20-17-16-19(2)18-20;/h16-17H,3-15H2,1-2H3;1H/q+1;/p-1. The minimum atomic E-state index is 0. The summed E-state index contributed by atoms with van der Waals surface area (Å²) in [6.45, 7) is 6.66. The Labute approximate surface area is 139 Å². The van der Waals surface area contributed by atoms with Crippen LogP contribution in [-0.4, -0.2) is 23.4 Å². The van der Waals surface area contributed by atoms with Crippen LogP contribution in [0.2, 0.25) is 0 Å². The van der Waals surface area contributed by atoms with Crippen LogP contribution in [0.1, 0.15) is 84.0 Å². The van der Waals surface area contributed by atoms with Gasteiger partial charge in [0, 0.05) is 0 Å². The highest BCUT2D eigenvalue weighted by Crippen LogP contribution is 2.13. The molecule has 0 fully saturated rings. The molecule has 0 aromatic heterocycles. The third-order valence-electron chi connectivity index (χ3n) is 4.01. The summed E-state index contributed by atoms with van der Waals surface area (Å²) in [4.78, 5) is 4.15. The molecule has 21 heavy (non-hydrogen) atoms. The van der Waals surface area contributed by atoms with Crippen molar-refractivity contribution >= 4 is 0 Å². The van der Waals surface area contributed by atoms with Crippen LogP contribution in [0.25, 0.3) is 0 Å². The maximum Gasteiger partial charge on any atom is 0.564 e. The van der Waals surface area contributed by atoms with Crippen LogP contribution < -0.4 is 12.4 Å². The first-order chi connectivity index (χ1) is 9.83. The molecule has 0 aromatic carbocycles. The van der Waals surface area contributed by atoms with E-state index >= 15 is 0 Å². The normalized spacial score (nSPS) is 13.4. The van der Waals surface area contributed by atoms with Gasteiger partial charge in [0.25, 0.3) is 0 Å². The van der Waals surface area contributed by atoms with Crippen molar-refractivity contribution in [2.75, 3.05) is 13.6 Å². The lowest BCUT2D eigenvalue weighted by molar-refractivity contribution is -0.00000442. The van der Waals surface area contributed by atoms with Crippen molar-refractivity contribution in [2.24, 2.45) is 0 Å². The Morgan fingerprint density at radius 1 is 0.714 bits per heavy atom. The molecule has 2 nitrogen and oxygen atoms in total. The van der Waals surface area contributed by atoms with Crippen molar-refractivity contribution in [3.8, 4) is 0 Å². The number of hydrogen-bond donors (Lipinski definition) is 0. The van der Waals surface area contributed by atoms with Crippen LogP contribution >= 0.6 is 0 Å². The summed E-state index contributed by atoms with van der Waals surface area (Å²) in [5.41, 5.74) is 0. The fraction of sp³-hybridized carbons (Fsp3) is 0.833. The van der Waals surface area contributed by atoms with Gasteiger partial charge in [0.15, 0.2) is 0 Å². The minimum Gasteiger partial charge on any atom is -1.00 e. The predicted octanol–water partition coefficient (Wildman–Crippen LogP) is 2.41. The largest absolute Gasteiger partial charge is 1.00 e. The van der Waals surface area contributed by atoms with Crippen molar-refractivity contribution in [2.45, 2.75) is 84.0 Å². The lowest BCUT2D eigenvalue weighted by Gasteiger charge is -2.04. The summed E-state index contributed by atoms with van der Waals surface area (Å²) in [6.07, 6.45) is 21.2. The quantitative estimate of drug-likeness (QED) is 0.380. The van der Waals surface area contributed by atoms with E-state index in [1.165, 1.54) is 77.0 Å². The first kappa shape index (κ1) is 20.5. The highest BCUT2D eigenvalue weighted by atomic mass is 35.5. The van der Waals surface area contributed by atoms with Crippen LogP contribution in [0, 0.1) is 6.67 Å². The van der Waals surface area contributed by atoms with Crippen molar-refractivity contribution in [1.29, 1.82) is 0 Å². The van der Waals surface area contributed by atoms with Crippen LogP contribution in [0.3, 0.4) is 0 Å². The molecule has 0 atom stereocenters. The fourth-order valence-corrected chi connectivity index (χ4v) is 2.70. The van der Waals surface area contributed by atoms with Crippen LogP contribution in [0.5, 0.6) is 0 Å². The molecule has 1 radical (unpaired) electrons. The van der Waals surface area contributed by atoms with E-state index in [-0.39, 0.29) is 12.4 Å². The van der Waals surface area contributed by atoms with Gasteiger partial charge in [-0.2, -0.15) is 0 Å². The molecule has 123 valence electrons. The van der Waals surface area contributed by atoms with Crippen molar-refractivity contribution in [1.82, 2.24) is 9.80 Å². The molecule has 1 heterocycles. The Kier molecular flexibility index (Phi) is 14.1. The Morgan fingerprint density at radius 2 is 1.19 bits per heavy atom. The van der Waals surface area contributed by atoms with Gasteiger partial charge in [-0.05, 0) is 6.42 Å². The molecule has 1 rings (SSSR count). The number of nitrogens with zero attached hydrogens (tertiary/aromatic N) is 2. The smallest absolute Gasteiger partial charge is 0.564 e. The Hall–Kier alpha value is -0.500. The van der Waals surface area contributed by atoms with Gasteiger partial charge >= 0.3 is 6.67 Å². The average Bonchev–Trinajstić information content (AvgIpc) is 2.86. The molecule has 0 N–H and O–H groups in total. The zero-order chi connectivity index (χ0) is 14.5. The number of rotatable bonds is 13.